The maximum absolute atomic E-state index is 5.01. The van der Waals surface area contributed by atoms with Gasteiger partial charge in [-0.05, 0) is 56.5 Å². The van der Waals surface area contributed by atoms with E-state index in [-0.39, 0.29) is 5.82 Å². The number of benzene rings is 5. The second-order valence-corrected chi connectivity index (χ2v) is 15.3. The molecule has 0 bridgehead atoms. The van der Waals surface area contributed by atoms with Gasteiger partial charge in [0.25, 0.3) is 0 Å². The molecular weight excluding hydrogens is 535 g/mol. The van der Waals surface area contributed by atoms with Gasteiger partial charge in [0.1, 0.15) is 0 Å². The summed E-state index contributed by atoms with van der Waals surface area (Å²) in [6, 6.07) is 51.9. The number of hydrogen-bond donors (Lipinski definition) is 0. The Morgan fingerprint density at radius 1 is 0.581 bits per heavy atom. The Balaban J connectivity index is 1.49. The summed E-state index contributed by atoms with van der Waals surface area (Å²) in [5.74, 6) is 0.226. The highest BCUT2D eigenvalue weighted by atomic mass is 28.3. The normalized spacial score (nSPS) is 11.5. The van der Waals surface area contributed by atoms with Gasteiger partial charge in [0.15, 0.2) is 8.07 Å². The lowest BCUT2D eigenvalue weighted by Gasteiger charge is -2.35. The molecule has 1 aromatic heterocycles. The number of aromatic nitrogens is 2. The molecular formula is C39H39BN2Si. The molecule has 0 spiro atoms. The van der Waals surface area contributed by atoms with Crippen molar-refractivity contribution in [3.8, 4) is 0 Å². The summed E-state index contributed by atoms with van der Waals surface area (Å²) >= 11 is 0. The van der Waals surface area contributed by atoms with Crippen molar-refractivity contribution >= 4 is 36.6 Å². The summed E-state index contributed by atoms with van der Waals surface area (Å²) in [6.45, 7) is 4.46. The van der Waals surface area contributed by atoms with Gasteiger partial charge in [-0.15, -0.1) is 0 Å². The second kappa shape index (κ2) is 13.3. The molecule has 0 aliphatic rings. The van der Waals surface area contributed by atoms with Crippen LogP contribution in [0.25, 0.3) is 0 Å². The topological polar surface area (TPSA) is 17.8 Å². The highest BCUT2D eigenvalue weighted by Crippen LogP contribution is 2.23. The number of nitrogens with zero attached hydrogens (tertiary/aromatic N) is 2. The molecule has 43 heavy (non-hydrogen) atoms. The van der Waals surface area contributed by atoms with Crippen LogP contribution in [0.2, 0.25) is 0 Å². The van der Waals surface area contributed by atoms with E-state index in [4.69, 9.17) is 4.98 Å². The van der Waals surface area contributed by atoms with Crippen molar-refractivity contribution in [2.45, 2.75) is 38.7 Å². The van der Waals surface area contributed by atoms with Gasteiger partial charge in [0.05, 0.1) is 5.72 Å². The van der Waals surface area contributed by atoms with Gasteiger partial charge >= 0.3 is 0 Å². The molecule has 1 heterocycles. The Morgan fingerprint density at radius 2 is 1.02 bits per heavy atom. The molecule has 6 rings (SSSR count). The molecule has 0 aliphatic heterocycles. The second-order valence-electron chi connectivity index (χ2n) is 11.4. The Labute approximate surface area is 258 Å². The van der Waals surface area contributed by atoms with Gasteiger partial charge in [-0.3, -0.25) is 4.98 Å². The summed E-state index contributed by atoms with van der Waals surface area (Å²) in [6.07, 6.45) is 7.16. The van der Waals surface area contributed by atoms with Crippen LogP contribution in [0.4, 0.5) is 0 Å². The van der Waals surface area contributed by atoms with Crippen LogP contribution in [0, 0.1) is 0 Å². The fourth-order valence-corrected chi connectivity index (χ4v) is 11.0. The third kappa shape index (κ3) is 6.07. The van der Waals surface area contributed by atoms with E-state index in [1.165, 1.54) is 37.8 Å². The standard InChI is InChI=1S/C39H39BN2Si/c1-3-31-20-24-36(25-21-31)43(35-18-12-7-13-19-35,37-26-22-32(4-2)23-27-37)30-42-29-28-41-39(42)40-38(33-14-8-5-9-15-33)34-16-10-6-11-17-34/h5-29,38,40H,3-4,30H2,1-2H3. The SMILES string of the molecule is CCc1ccc([Si](Cn2ccnc2BC(c2ccccc2)c2ccccc2)(c2ccccc2)c2ccc(CC)cc2)cc1. The molecule has 4 heteroatoms. The van der Waals surface area contributed by atoms with Crippen molar-refractivity contribution in [3.05, 3.63) is 174 Å². The lowest BCUT2D eigenvalue weighted by Crippen LogP contribution is -2.70. The van der Waals surface area contributed by atoms with E-state index in [0.717, 1.165) is 32.0 Å². The van der Waals surface area contributed by atoms with Gasteiger partial charge in [0.2, 0.25) is 7.28 Å². The van der Waals surface area contributed by atoms with Crippen LogP contribution < -0.4 is 21.3 Å². The summed E-state index contributed by atoms with van der Waals surface area (Å²) in [7, 11) is -1.68. The minimum absolute atomic E-state index is 0.226. The molecule has 0 unspecified atom stereocenters. The lowest BCUT2D eigenvalue weighted by molar-refractivity contribution is 0.889. The van der Waals surface area contributed by atoms with Crippen molar-refractivity contribution < 1.29 is 0 Å². The zero-order chi connectivity index (χ0) is 29.5. The summed E-state index contributed by atoms with van der Waals surface area (Å²) in [5, 5.41) is 4.29. The molecule has 0 saturated heterocycles. The molecule has 0 aliphatic carbocycles. The average molecular weight is 575 g/mol. The van der Waals surface area contributed by atoms with E-state index in [1.54, 1.807) is 0 Å². The zero-order valence-electron chi connectivity index (χ0n) is 25.2. The molecule has 0 saturated carbocycles. The Morgan fingerprint density at radius 3 is 1.49 bits per heavy atom. The minimum atomic E-state index is -2.52. The average Bonchev–Trinajstić information content (AvgIpc) is 3.53. The van der Waals surface area contributed by atoms with Crippen LogP contribution in [0.3, 0.4) is 0 Å². The van der Waals surface area contributed by atoms with Crippen molar-refractivity contribution in [1.82, 2.24) is 9.55 Å². The van der Waals surface area contributed by atoms with Crippen LogP contribution in [-0.4, -0.2) is 24.9 Å². The van der Waals surface area contributed by atoms with Crippen molar-refractivity contribution in [1.29, 1.82) is 0 Å². The zero-order valence-corrected chi connectivity index (χ0v) is 26.2. The van der Waals surface area contributed by atoms with Crippen molar-refractivity contribution in [2.24, 2.45) is 0 Å². The molecule has 0 amide bonds. The Hall–Kier alpha value is -4.41. The molecule has 212 valence electrons. The fourth-order valence-electron chi connectivity index (χ4n) is 6.46. The van der Waals surface area contributed by atoms with Crippen LogP contribution >= 0.6 is 0 Å². The highest BCUT2D eigenvalue weighted by molar-refractivity contribution is 7.10. The van der Waals surface area contributed by atoms with Gasteiger partial charge in [-0.2, -0.15) is 0 Å². The number of rotatable bonds is 11. The Kier molecular flexibility index (Phi) is 8.86. The van der Waals surface area contributed by atoms with Gasteiger partial charge in [-0.25, -0.2) is 0 Å². The van der Waals surface area contributed by atoms with E-state index in [2.05, 4.69) is 164 Å². The third-order valence-electron chi connectivity index (χ3n) is 8.98. The molecule has 5 aromatic carbocycles. The molecule has 0 atom stereocenters. The van der Waals surface area contributed by atoms with Crippen LogP contribution in [0.5, 0.6) is 0 Å². The quantitative estimate of drug-likeness (QED) is 0.146. The van der Waals surface area contributed by atoms with E-state index in [0.29, 0.717) is 0 Å². The van der Waals surface area contributed by atoms with Gasteiger partial charge in [0, 0.05) is 18.6 Å². The highest BCUT2D eigenvalue weighted by Gasteiger charge is 2.40. The van der Waals surface area contributed by atoms with Gasteiger partial charge < -0.3 is 4.57 Å². The first-order chi connectivity index (χ1) is 21.2. The lowest BCUT2D eigenvalue weighted by atomic mass is 9.58. The van der Waals surface area contributed by atoms with E-state index in [1.807, 2.05) is 6.20 Å². The predicted octanol–water partition coefficient (Wildman–Crippen LogP) is 5.57. The maximum atomic E-state index is 5.01. The summed E-state index contributed by atoms with van der Waals surface area (Å²) < 4.78 is 2.46. The number of hydrogen-bond acceptors (Lipinski definition) is 1. The maximum Gasteiger partial charge on any atom is 0.217 e. The molecule has 0 N–H and O–H groups in total. The number of imidazole rings is 1. The first kappa shape index (κ1) is 28.7. The monoisotopic (exact) mass is 574 g/mol. The third-order valence-corrected chi connectivity index (χ3v) is 13.7. The van der Waals surface area contributed by atoms with Crippen LogP contribution in [0.15, 0.2) is 152 Å². The molecule has 6 aromatic rings. The smallest absolute Gasteiger partial charge is 0.217 e. The van der Waals surface area contributed by atoms with E-state index >= 15 is 0 Å². The minimum Gasteiger partial charge on any atom is -0.345 e. The predicted molar refractivity (Wildman–Crippen MR) is 186 cm³/mol. The van der Waals surface area contributed by atoms with Crippen LogP contribution in [0.1, 0.15) is 41.9 Å². The van der Waals surface area contributed by atoms with Gasteiger partial charge in [-0.1, -0.05) is 153 Å². The fraction of sp³-hybridized carbons (Fsp3) is 0.154. The van der Waals surface area contributed by atoms with Crippen molar-refractivity contribution in [2.75, 3.05) is 0 Å². The van der Waals surface area contributed by atoms with Crippen LogP contribution in [-0.2, 0) is 19.0 Å². The molecule has 0 fully saturated rings. The summed E-state index contributed by atoms with van der Waals surface area (Å²) in [4.78, 5) is 5.01. The molecule has 0 radical (unpaired) electrons. The Bertz CT molecular complexity index is 1630. The first-order valence-electron chi connectivity index (χ1n) is 15.6. The largest absolute Gasteiger partial charge is 0.345 e. The first-order valence-corrected chi connectivity index (χ1v) is 17.8. The summed E-state index contributed by atoms with van der Waals surface area (Å²) in [5.41, 5.74) is 6.51. The van der Waals surface area contributed by atoms with Crippen molar-refractivity contribution in [3.63, 3.8) is 0 Å². The van der Waals surface area contributed by atoms with E-state index in [9.17, 15) is 0 Å². The van der Waals surface area contributed by atoms with E-state index < -0.39 is 8.07 Å². The molecule has 2 nitrogen and oxygen atoms in total. The number of aryl methyl sites for hydroxylation is 2.